The van der Waals surface area contributed by atoms with Crippen LogP contribution in [0, 0.1) is 0 Å². The van der Waals surface area contributed by atoms with E-state index in [1.54, 1.807) is 18.2 Å². The van der Waals surface area contributed by atoms with Crippen LogP contribution in [0.25, 0.3) is 11.4 Å². The second-order valence-electron chi connectivity index (χ2n) is 6.09. The van der Waals surface area contributed by atoms with Crippen LogP contribution >= 0.6 is 23.4 Å². The zero-order valence-electron chi connectivity index (χ0n) is 15.3. The van der Waals surface area contributed by atoms with Crippen LogP contribution in [0.15, 0.2) is 60.3 Å². The Hall–Kier alpha value is -2.97. The highest BCUT2D eigenvalue weighted by Gasteiger charge is 2.19. The molecule has 1 aliphatic rings. The van der Waals surface area contributed by atoms with Crippen molar-refractivity contribution in [3.8, 4) is 22.9 Å². The van der Waals surface area contributed by atoms with Gasteiger partial charge in [-0.15, -0.1) is 16.8 Å². The zero-order chi connectivity index (χ0) is 20.2. The van der Waals surface area contributed by atoms with E-state index in [1.165, 1.54) is 11.8 Å². The molecule has 0 spiro atoms. The number of amides is 1. The number of ether oxygens (including phenoxy) is 2. The second kappa shape index (κ2) is 8.59. The third-order valence-electron chi connectivity index (χ3n) is 4.14. The van der Waals surface area contributed by atoms with Gasteiger partial charge in [0.2, 0.25) is 12.7 Å². The second-order valence-corrected chi connectivity index (χ2v) is 7.44. The van der Waals surface area contributed by atoms with E-state index in [0.717, 1.165) is 5.56 Å². The van der Waals surface area contributed by atoms with E-state index in [1.807, 2.05) is 34.9 Å². The lowest BCUT2D eigenvalue weighted by atomic mass is 10.2. The van der Waals surface area contributed by atoms with Gasteiger partial charge in [0.15, 0.2) is 22.5 Å². The highest BCUT2D eigenvalue weighted by atomic mass is 35.5. The number of halogens is 1. The average Bonchev–Trinajstić information content (AvgIpc) is 3.35. The minimum absolute atomic E-state index is 0.168. The first-order valence-corrected chi connectivity index (χ1v) is 10.1. The fourth-order valence-electron chi connectivity index (χ4n) is 2.82. The Morgan fingerprint density at radius 1 is 1.24 bits per heavy atom. The van der Waals surface area contributed by atoms with Crippen LogP contribution in [0.1, 0.15) is 0 Å². The Morgan fingerprint density at radius 3 is 2.90 bits per heavy atom. The lowest BCUT2D eigenvalue weighted by Gasteiger charge is -2.09. The van der Waals surface area contributed by atoms with Gasteiger partial charge in [0, 0.05) is 12.1 Å². The molecule has 1 aliphatic heterocycles. The van der Waals surface area contributed by atoms with Crippen molar-refractivity contribution >= 4 is 35.0 Å². The highest BCUT2D eigenvalue weighted by Crippen LogP contribution is 2.36. The standard InChI is InChI=1S/C20H17ClN4O3S/c1-2-9-25-19(13-7-8-16-17(10-13)28-12-27-16)23-24-20(25)29-11-18(26)22-15-6-4-3-5-14(15)21/h2-8,10H,1,9,11-12H2,(H,22,26). The third kappa shape index (κ3) is 4.23. The first-order chi connectivity index (χ1) is 14.2. The van der Waals surface area contributed by atoms with Crippen LogP contribution in [0.3, 0.4) is 0 Å². The Bertz CT molecular complexity index is 1070. The van der Waals surface area contributed by atoms with E-state index >= 15 is 0 Å². The normalized spacial score (nSPS) is 12.0. The summed E-state index contributed by atoms with van der Waals surface area (Å²) in [7, 11) is 0. The summed E-state index contributed by atoms with van der Waals surface area (Å²) in [4.78, 5) is 12.3. The van der Waals surface area contributed by atoms with Crippen LogP contribution in [0.4, 0.5) is 5.69 Å². The molecule has 9 heteroatoms. The number of hydrogen-bond donors (Lipinski definition) is 1. The lowest BCUT2D eigenvalue weighted by molar-refractivity contribution is -0.113. The first kappa shape index (κ1) is 19.4. The molecular formula is C20H17ClN4O3S. The van der Waals surface area contributed by atoms with Gasteiger partial charge in [-0.1, -0.05) is 41.6 Å². The minimum Gasteiger partial charge on any atom is -0.454 e. The number of anilines is 1. The van der Waals surface area contributed by atoms with E-state index in [-0.39, 0.29) is 18.5 Å². The van der Waals surface area contributed by atoms with Crippen LogP contribution in [0.2, 0.25) is 5.02 Å². The molecule has 7 nitrogen and oxygen atoms in total. The van der Waals surface area contributed by atoms with Crippen molar-refractivity contribution in [3.63, 3.8) is 0 Å². The predicted octanol–water partition coefficient (Wildman–Crippen LogP) is 4.24. The monoisotopic (exact) mass is 428 g/mol. The SMILES string of the molecule is C=CCn1c(SCC(=O)Nc2ccccc2Cl)nnc1-c1ccc2c(c1)OCO2. The fourth-order valence-corrected chi connectivity index (χ4v) is 3.75. The van der Waals surface area contributed by atoms with Crippen molar-refractivity contribution in [2.75, 3.05) is 17.9 Å². The number of rotatable bonds is 7. The Balaban J connectivity index is 1.50. The maximum absolute atomic E-state index is 12.3. The summed E-state index contributed by atoms with van der Waals surface area (Å²) in [6.45, 7) is 4.52. The van der Waals surface area contributed by atoms with Crippen molar-refractivity contribution < 1.29 is 14.3 Å². The summed E-state index contributed by atoms with van der Waals surface area (Å²) < 4.78 is 12.7. The number of para-hydroxylation sites is 1. The van der Waals surface area contributed by atoms with Crippen molar-refractivity contribution in [2.45, 2.75) is 11.7 Å². The maximum atomic E-state index is 12.3. The topological polar surface area (TPSA) is 78.3 Å². The summed E-state index contributed by atoms with van der Waals surface area (Å²) >= 11 is 7.38. The smallest absolute Gasteiger partial charge is 0.234 e. The molecule has 148 valence electrons. The summed E-state index contributed by atoms with van der Waals surface area (Å²) in [5, 5.41) is 12.5. The number of nitrogens with zero attached hydrogens (tertiary/aromatic N) is 3. The molecule has 3 aromatic rings. The van der Waals surface area contributed by atoms with Gasteiger partial charge >= 0.3 is 0 Å². The molecule has 1 amide bonds. The highest BCUT2D eigenvalue weighted by molar-refractivity contribution is 7.99. The number of aromatic nitrogens is 3. The van der Waals surface area contributed by atoms with Crippen molar-refractivity contribution in [3.05, 3.63) is 60.1 Å². The molecule has 0 unspecified atom stereocenters. The van der Waals surface area contributed by atoms with E-state index in [2.05, 4.69) is 22.1 Å². The molecule has 0 radical (unpaired) electrons. The quantitative estimate of drug-likeness (QED) is 0.448. The number of hydrogen-bond acceptors (Lipinski definition) is 6. The number of carbonyl (C=O) groups excluding carboxylic acids is 1. The number of benzene rings is 2. The molecule has 4 rings (SSSR count). The Labute approximate surface area is 176 Å². The molecular weight excluding hydrogens is 412 g/mol. The third-order valence-corrected chi connectivity index (χ3v) is 5.44. The van der Waals surface area contributed by atoms with Crippen molar-refractivity contribution in [1.82, 2.24) is 14.8 Å². The minimum atomic E-state index is -0.180. The number of allylic oxidation sites excluding steroid dienone is 1. The van der Waals surface area contributed by atoms with Gasteiger partial charge in [-0.05, 0) is 30.3 Å². The van der Waals surface area contributed by atoms with Crippen LogP contribution in [0.5, 0.6) is 11.5 Å². The number of carbonyl (C=O) groups is 1. The molecule has 0 bridgehead atoms. The fraction of sp³-hybridized carbons (Fsp3) is 0.150. The molecule has 0 fully saturated rings. The number of thioether (sulfide) groups is 1. The van der Waals surface area contributed by atoms with Crippen LogP contribution < -0.4 is 14.8 Å². The first-order valence-electron chi connectivity index (χ1n) is 8.77. The van der Waals surface area contributed by atoms with Crippen LogP contribution in [-0.4, -0.2) is 33.2 Å². The van der Waals surface area contributed by atoms with Gasteiger partial charge in [0.1, 0.15) is 0 Å². The summed E-state index contributed by atoms with van der Waals surface area (Å²) in [6.07, 6.45) is 1.76. The summed E-state index contributed by atoms with van der Waals surface area (Å²) in [5.74, 6) is 2.03. The van der Waals surface area contributed by atoms with Gasteiger partial charge in [-0.25, -0.2) is 0 Å². The van der Waals surface area contributed by atoms with Gasteiger partial charge in [0.05, 0.1) is 16.5 Å². The largest absolute Gasteiger partial charge is 0.454 e. The van der Waals surface area contributed by atoms with Gasteiger partial charge in [0.25, 0.3) is 0 Å². The molecule has 0 aliphatic carbocycles. The molecule has 0 atom stereocenters. The summed E-state index contributed by atoms with van der Waals surface area (Å²) in [5.41, 5.74) is 1.42. The van der Waals surface area contributed by atoms with E-state index in [9.17, 15) is 4.79 Å². The molecule has 1 aromatic heterocycles. The average molecular weight is 429 g/mol. The molecule has 0 saturated carbocycles. The van der Waals surface area contributed by atoms with Gasteiger partial charge in [-0.3, -0.25) is 9.36 Å². The number of nitrogens with one attached hydrogen (secondary N) is 1. The van der Waals surface area contributed by atoms with E-state index in [0.29, 0.717) is 39.7 Å². The van der Waals surface area contributed by atoms with Gasteiger partial charge < -0.3 is 14.8 Å². The predicted molar refractivity (Wildman–Crippen MR) is 113 cm³/mol. The van der Waals surface area contributed by atoms with Crippen molar-refractivity contribution in [2.24, 2.45) is 0 Å². The maximum Gasteiger partial charge on any atom is 0.234 e. The molecule has 2 heterocycles. The zero-order valence-corrected chi connectivity index (χ0v) is 16.9. The van der Waals surface area contributed by atoms with E-state index < -0.39 is 0 Å². The molecule has 29 heavy (non-hydrogen) atoms. The Kier molecular flexibility index (Phi) is 5.73. The summed E-state index contributed by atoms with van der Waals surface area (Å²) in [6, 6.07) is 12.7. The molecule has 2 aromatic carbocycles. The van der Waals surface area contributed by atoms with Crippen molar-refractivity contribution in [1.29, 1.82) is 0 Å². The molecule has 1 N–H and O–H groups in total. The van der Waals surface area contributed by atoms with Gasteiger partial charge in [-0.2, -0.15) is 0 Å². The molecule has 0 saturated heterocycles. The Morgan fingerprint density at radius 2 is 2.07 bits per heavy atom. The number of fused-ring (bicyclic) bond motifs is 1. The van der Waals surface area contributed by atoms with E-state index in [4.69, 9.17) is 21.1 Å². The van der Waals surface area contributed by atoms with Crippen LogP contribution in [-0.2, 0) is 11.3 Å². The lowest BCUT2D eigenvalue weighted by Crippen LogP contribution is -2.15.